The van der Waals surface area contributed by atoms with E-state index in [2.05, 4.69) is 5.32 Å². The predicted molar refractivity (Wildman–Crippen MR) is 170 cm³/mol. The number of carbonyl (C=O) groups excluding carboxylic acids is 2. The molecule has 3 aromatic carbocycles. The van der Waals surface area contributed by atoms with E-state index in [1.165, 1.54) is 29.2 Å². The van der Waals surface area contributed by atoms with Gasteiger partial charge in [0.15, 0.2) is 0 Å². The van der Waals surface area contributed by atoms with Gasteiger partial charge in [0, 0.05) is 17.6 Å². The van der Waals surface area contributed by atoms with E-state index < -0.39 is 28.5 Å². The summed E-state index contributed by atoms with van der Waals surface area (Å²) in [6, 6.07) is 18.7. The molecule has 0 spiro atoms. The van der Waals surface area contributed by atoms with Crippen molar-refractivity contribution in [1.82, 2.24) is 10.2 Å². The van der Waals surface area contributed by atoms with Gasteiger partial charge in [-0.05, 0) is 67.3 Å². The van der Waals surface area contributed by atoms with Crippen LogP contribution in [0.15, 0.2) is 77.7 Å². The number of sulfonamides is 1. The van der Waals surface area contributed by atoms with Crippen molar-refractivity contribution in [3.8, 4) is 5.75 Å². The lowest BCUT2D eigenvalue weighted by atomic mass is 9.95. The Kier molecular flexibility index (Phi) is 11.3. The minimum Gasteiger partial charge on any atom is -0.497 e. The molecule has 230 valence electrons. The standard InChI is InChI=1S/C32H37Cl2N3O5S/c1-3-29(32(39)35-25-12-6-4-7-13-25)36(21-23-11-10-14-26(19-23)42-2)31(38)22-37(30-20-24(33)17-18-28(30)34)43(40,41)27-15-8-5-9-16-27/h5,8-11,14-20,25,29H,3-4,6-7,12-13,21-22H2,1-2H3,(H,35,39)/t29-/m1/s1. The summed E-state index contributed by atoms with van der Waals surface area (Å²) in [6.45, 7) is 1.30. The number of halogens is 2. The normalized spacial score (nSPS) is 14.5. The third-order valence-electron chi connectivity index (χ3n) is 7.61. The van der Waals surface area contributed by atoms with Gasteiger partial charge in [0.1, 0.15) is 18.3 Å². The zero-order valence-electron chi connectivity index (χ0n) is 24.3. The minimum atomic E-state index is -4.26. The Morgan fingerprint density at radius 1 is 0.977 bits per heavy atom. The number of carbonyl (C=O) groups is 2. The van der Waals surface area contributed by atoms with Gasteiger partial charge in [-0.25, -0.2) is 8.42 Å². The van der Waals surface area contributed by atoms with Crippen LogP contribution in [0.2, 0.25) is 10.0 Å². The van der Waals surface area contributed by atoms with E-state index in [-0.39, 0.29) is 39.1 Å². The van der Waals surface area contributed by atoms with E-state index in [4.69, 9.17) is 27.9 Å². The lowest BCUT2D eigenvalue weighted by Gasteiger charge is -2.34. The van der Waals surface area contributed by atoms with Gasteiger partial charge in [-0.1, -0.05) is 79.7 Å². The van der Waals surface area contributed by atoms with Gasteiger partial charge < -0.3 is 15.0 Å². The molecule has 0 heterocycles. The predicted octanol–water partition coefficient (Wildman–Crippen LogP) is 6.45. The van der Waals surface area contributed by atoms with Gasteiger partial charge in [0.2, 0.25) is 11.8 Å². The number of amides is 2. The molecule has 1 atom stereocenters. The molecule has 1 aliphatic carbocycles. The molecule has 43 heavy (non-hydrogen) atoms. The molecule has 0 saturated heterocycles. The Labute approximate surface area is 264 Å². The number of ether oxygens (including phenoxy) is 1. The van der Waals surface area contributed by atoms with Crippen LogP contribution in [0.3, 0.4) is 0 Å². The fourth-order valence-electron chi connectivity index (χ4n) is 5.34. The Hall–Kier alpha value is -3.27. The lowest BCUT2D eigenvalue weighted by molar-refractivity contribution is -0.140. The first kappa shape index (κ1) is 32.6. The first-order valence-corrected chi connectivity index (χ1v) is 16.6. The number of hydrogen-bond donors (Lipinski definition) is 1. The summed E-state index contributed by atoms with van der Waals surface area (Å²) in [4.78, 5) is 29.4. The second-order valence-corrected chi connectivity index (χ2v) is 13.3. The third-order valence-corrected chi connectivity index (χ3v) is 9.94. The van der Waals surface area contributed by atoms with Gasteiger partial charge in [0.25, 0.3) is 10.0 Å². The van der Waals surface area contributed by atoms with Crippen molar-refractivity contribution in [2.24, 2.45) is 0 Å². The van der Waals surface area contributed by atoms with Crippen LogP contribution in [0.4, 0.5) is 5.69 Å². The highest BCUT2D eigenvalue weighted by atomic mass is 35.5. The van der Waals surface area contributed by atoms with Crippen molar-refractivity contribution < 1.29 is 22.7 Å². The largest absolute Gasteiger partial charge is 0.497 e. The van der Waals surface area contributed by atoms with Crippen LogP contribution in [-0.4, -0.2) is 50.9 Å². The second-order valence-electron chi connectivity index (χ2n) is 10.6. The maximum atomic E-state index is 14.3. The van der Waals surface area contributed by atoms with Gasteiger partial charge in [0.05, 0.1) is 22.7 Å². The molecule has 0 aromatic heterocycles. The number of anilines is 1. The SMILES string of the molecule is CC[C@H](C(=O)NC1CCCCC1)N(Cc1cccc(OC)c1)C(=O)CN(c1cc(Cl)ccc1Cl)S(=O)(=O)c1ccccc1. The summed E-state index contributed by atoms with van der Waals surface area (Å²) in [5.74, 6) is -0.225. The molecule has 1 N–H and O–H groups in total. The highest BCUT2D eigenvalue weighted by Gasteiger charge is 2.35. The van der Waals surface area contributed by atoms with Crippen molar-refractivity contribution in [1.29, 1.82) is 0 Å². The van der Waals surface area contributed by atoms with E-state index in [0.29, 0.717) is 12.2 Å². The number of nitrogens with zero attached hydrogens (tertiary/aromatic N) is 2. The molecule has 4 rings (SSSR count). The summed E-state index contributed by atoms with van der Waals surface area (Å²) >= 11 is 12.8. The van der Waals surface area contributed by atoms with Gasteiger partial charge in [-0.3, -0.25) is 13.9 Å². The van der Waals surface area contributed by atoms with Crippen molar-refractivity contribution >= 4 is 50.7 Å². The van der Waals surface area contributed by atoms with Crippen molar-refractivity contribution in [2.45, 2.75) is 69.0 Å². The van der Waals surface area contributed by atoms with Gasteiger partial charge in [-0.15, -0.1) is 0 Å². The smallest absolute Gasteiger partial charge is 0.264 e. The van der Waals surface area contributed by atoms with Crippen LogP contribution in [-0.2, 0) is 26.2 Å². The highest BCUT2D eigenvalue weighted by Crippen LogP contribution is 2.33. The molecule has 11 heteroatoms. The molecule has 1 aliphatic rings. The summed E-state index contributed by atoms with van der Waals surface area (Å²) < 4.78 is 34.3. The second kappa shape index (κ2) is 14.9. The van der Waals surface area contributed by atoms with Gasteiger partial charge >= 0.3 is 0 Å². The fraction of sp³-hybridized carbons (Fsp3) is 0.375. The molecular formula is C32H37Cl2N3O5S. The van der Waals surface area contributed by atoms with E-state index >= 15 is 0 Å². The number of rotatable bonds is 12. The van der Waals surface area contributed by atoms with Crippen LogP contribution in [0.25, 0.3) is 0 Å². The highest BCUT2D eigenvalue weighted by molar-refractivity contribution is 7.92. The molecule has 0 unspecified atom stereocenters. The Balaban J connectivity index is 1.74. The molecular weight excluding hydrogens is 609 g/mol. The van der Waals surface area contributed by atoms with Crippen LogP contribution in [0, 0.1) is 0 Å². The number of benzene rings is 3. The maximum Gasteiger partial charge on any atom is 0.264 e. The van der Waals surface area contributed by atoms with Crippen LogP contribution in [0.5, 0.6) is 5.75 Å². The molecule has 0 aliphatic heterocycles. The fourth-order valence-corrected chi connectivity index (χ4v) is 7.22. The monoisotopic (exact) mass is 645 g/mol. The molecule has 2 amide bonds. The number of nitrogens with one attached hydrogen (secondary N) is 1. The Morgan fingerprint density at radius 3 is 2.37 bits per heavy atom. The zero-order valence-corrected chi connectivity index (χ0v) is 26.7. The molecule has 1 saturated carbocycles. The average molecular weight is 647 g/mol. The van der Waals surface area contributed by atoms with Gasteiger partial charge in [-0.2, -0.15) is 0 Å². The van der Waals surface area contributed by atoms with Crippen LogP contribution >= 0.6 is 23.2 Å². The Bertz CT molecular complexity index is 1510. The molecule has 0 radical (unpaired) electrons. The summed E-state index contributed by atoms with van der Waals surface area (Å²) in [5.41, 5.74) is 0.794. The summed E-state index contributed by atoms with van der Waals surface area (Å²) in [5, 5.41) is 3.51. The summed E-state index contributed by atoms with van der Waals surface area (Å²) in [6.07, 6.45) is 5.34. The van der Waals surface area contributed by atoms with E-state index in [1.807, 2.05) is 13.0 Å². The number of methoxy groups -OCH3 is 1. The molecule has 1 fully saturated rings. The third kappa shape index (κ3) is 8.22. The molecule has 8 nitrogen and oxygen atoms in total. The topological polar surface area (TPSA) is 96.0 Å². The van der Waals surface area contributed by atoms with Crippen molar-refractivity contribution in [3.05, 3.63) is 88.4 Å². The average Bonchev–Trinajstić information content (AvgIpc) is 3.02. The first-order chi connectivity index (χ1) is 20.6. The number of hydrogen-bond acceptors (Lipinski definition) is 5. The lowest BCUT2D eigenvalue weighted by Crippen LogP contribution is -2.54. The van der Waals surface area contributed by atoms with Crippen LogP contribution in [0.1, 0.15) is 51.0 Å². The van der Waals surface area contributed by atoms with E-state index in [0.717, 1.165) is 42.0 Å². The maximum absolute atomic E-state index is 14.3. The minimum absolute atomic E-state index is 0.0136. The molecule has 0 bridgehead atoms. The quantitative estimate of drug-likeness (QED) is 0.244. The molecule has 3 aromatic rings. The van der Waals surface area contributed by atoms with Crippen molar-refractivity contribution in [3.63, 3.8) is 0 Å². The van der Waals surface area contributed by atoms with E-state index in [9.17, 15) is 18.0 Å². The Morgan fingerprint density at radius 2 is 1.70 bits per heavy atom. The zero-order chi connectivity index (χ0) is 31.0. The van der Waals surface area contributed by atoms with E-state index in [1.54, 1.807) is 49.6 Å². The van der Waals surface area contributed by atoms with Crippen molar-refractivity contribution in [2.75, 3.05) is 18.0 Å². The summed E-state index contributed by atoms with van der Waals surface area (Å²) in [7, 11) is -2.71. The van der Waals surface area contributed by atoms with Crippen LogP contribution < -0.4 is 14.4 Å². The first-order valence-electron chi connectivity index (χ1n) is 14.4.